The lowest BCUT2D eigenvalue weighted by Gasteiger charge is -2.12. The molecule has 1 aliphatic carbocycles. The molecule has 2 aromatic rings. The SMILES string of the molecule is NC(=O)C1(c2cncc(-c3ccc(C(=O)O)c(Cl)c3)c2)CC1. The number of amides is 1. The molecule has 3 rings (SSSR count). The maximum absolute atomic E-state index is 11.6. The molecule has 0 unspecified atom stereocenters. The van der Waals surface area contributed by atoms with E-state index in [1.165, 1.54) is 6.07 Å². The number of nitrogens with zero attached hydrogens (tertiary/aromatic N) is 1. The Morgan fingerprint density at radius 2 is 1.91 bits per heavy atom. The minimum Gasteiger partial charge on any atom is -0.478 e. The maximum atomic E-state index is 11.6. The van der Waals surface area contributed by atoms with Crippen LogP contribution in [-0.4, -0.2) is 22.0 Å². The number of pyridine rings is 1. The van der Waals surface area contributed by atoms with E-state index >= 15 is 0 Å². The first kappa shape index (κ1) is 14.5. The summed E-state index contributed by atoms with van der Waals surface area (Å²) in [7, 11) is 0. The van der Waals surface area contributed by atoms with Crippen molar-refractivity contribution in [1.29, 1.82) is 0 Å². The van der Waals surface area contributed by atoms with Crippen molar-refractivity contribution in [2.24, 2.45) is 5.73 Å². The van der Waals surface area contributed by atoms with E-state index in [0.29, 0.717) is 0 Å². The van der Waals surface area contributed by atoms with E-state index in [0.717, 1.165) is 29.5 Å². The predicted molar refractivity (Wildman–Crippen MR) is 81.7 cm³/mol. The summed E-state index contributed by atoms with van der Waals surface area (Å²) in [6.45, 7) is 0. The van der Waals surface area contributed by atoms with Gasteiger partial charge in [-0.3, -0.25) is 9.78 Å². The van der Waals surface area contributed by atoms with E-state index in [1.54, 1.807) is 24.5 Å². The lowest BCUT2D eigenvalue weighted by atomic mass is 9.94. The molecule has 1 aliphatic rings. The Morgan fingerprint density at radius 1 is 1.18 bits per heavy atom. The normalized spacial score (nSPS) is 15.3. The molecule has 1 aromatic heterocycles. The van der Waals surface area contributed by atoms with Crippen LogP contribution >= 0.6 is 11.6 Å². The van der Waals surface area contributed by atoms with Gasteiger partial charge in [-0.25, -0.2) is 4.79 Å². The van der Waals surface area contributed by atoms with Crippen LogP contribution in [0.5, 0.6) is 0 Å². The molecule has 1 amide bonds. The van der Waals surface area contributed by atoms with Crippen molar-refractivity contribution in [3.05, 3.63) is 52.8 Å². The van der Waals surface area contributed by atoms with Crippen LogP contribution in [0.25, 0.3) is 11.1 Å². The number of primary amides is 1. The van der Waals surface area contributed by atoms with Crippen molar-refractivity contribution in [3.63, 3.8) is 0 Å². The first-order valence-corrected chi connectivity index (χ1v) is 7.10. The van der Waals surface area contributed by atoms with Crippen LogP contribution in [0, 0.1) is 0 Å². The quantitative estimate of drug-likeness (QED) is 0.906. The van der Waals surface area contributed by atoms with Gasteiger partial charge >= 0.3 is 5.97 Å². The van der Waals surface area contributed by atoms with Crippen molar-refractivity contribution in [3.8, 4) is 11.1 Å². The Kier molecular flexibility index (Phi) is 3.37. The monoisotopic (exact) mass is 316 g/mol. The highest BCUT2D eigenvalue weighted by atomic mass is 35.5. The number of halogens is 1. The van der Waals surface area contributed by atoms with Crippen LogP contribution < -0.4 is 5.73 Å². The molecule has 112 valence electrons. The van der Waals surface area contributed by atoms with Crippen LogP contribution in [-0.2, 0) is 10.2 Å². The molecule has 0 aliphatic heterocycles. The smallest absolute Gasteiger partial charge is 0.337 e. The number of benzene rings is 1. The Labute approximate surface area is 131 Å². The van der Waals surface area contributed by atoms with Crippen LogP contribution in [0.4, 0.5) is 0 Å². The fourth-order valence-corrected chi connectivity index (χ4v) is 2.79. The van der Waals surface area contributed by atoms with Gasteiger partial charge in [-0.05, 0) is 42.2 Å². The number of carbonyl (C=O) groups is 2. The summed E-state index contributed by atoms with van der Waals surface area (Å²) in [5, 5.41) is 9.16. The minimum atomic E-state index is -1.07. The van der Waals surface area contributed by atoms with Crippen molar-refractivity contribution >= 4 is 23.5 Å². The second kappa shape index (κ2) is 5.10. The summed E-state index contributed by atoms with van der Waals surface area (Å²) >= 11 is 5.99. The van der Waals surface area contributed by atoms with E-state index < -0.39 is 11.4 Å². The molecule has 6 heteroatoms. The zero-order valence-corrected chi connectivity index (χ0v) is 12.3. The summed E-state index contributed by atoms with van der Waals surface area (Å²) in [5.41, 5.74) is 7.22. The molecule has 0 atom stereocenters. The highest BCUT2D eigenvalue weighted by molar-refractivity contribution is 6.33. The summed E-state index contributed by atoms with van der Waals surface area (Å²) in [4.78, 5) is 26.8. The number of nitrogens with two attached hydrogens (primary N) is 1. The second-order valence-electron chi connectivity index (χ2n) is 5.41. The van der Waals surface area contributed by atoms with E-state index in [4.69, 9.17) is 22.4 Å². The van der Waals surface area contributed by atoms with Gasteiger partial charge in [-0.15, -0.1) is 0 Å². The van der Waals surface area contributed by atoms with Gasteiger partial charge in [0.2, 0.25) is 5.91 Å². The van der Waals surface area contributed by atoms with Gasteiger partial charge in [0, 0.05) is 18.0 Å². The van der Waals surface area contributed by atoms with Crippen LogP contribution in [0.3, 0.4) is 0 Å². The molecule has 3 N–H and O–H groups in total. The first-order chi connectivity index (χ1) is 10.4. The standard InChI is InChI=1S/C16H13ClN2O3/c17-13-6-9(1-2-12(13)14(20)21)10-5-11(8-19-7-10)16(3-4-16)15(18)22/h1-2,5-8H,3-4H2,(H2,18,22)(H,20,21). The fraction of sp³-hybridized carbons (Fsp3) is 0.188. The van der Waals surface area contributed by atoms with E-state index in [-0.39, 0.29) is 16.5 Å². The first-order valence-electron chi connectivity index (χ1n) is 6.73. The van der Waals surface area contributed by atoms with E-state index in [9.17, 15) is 9.59 Å². The molecule has 0 radical (unpaired) electrons. The third-order valence-corrected chi connectivity index (χ3v) is 4.36. The third-order valence-electron chi connectivity index (χ3n) is 4.05. The summed E-state index contributed by atoms with van der Waals surface area (Å²) in [5.74, 6) is -1.42. The molecule has 1 saturated carbocycles. The summed E-state index contributed by atoms with van der Waals surface area (Å²) < 4.78 is 0. The highest BCUT2D eigenvalue weighted by Crippen LogP contribution is 2.48. The van der Waals surface area contributed by atoms with Crippen LogP contribution in [0.15, 0.2) is 36.7 Å². The van der Waals surface area contributed by atoms with Crippen LogP contribution in [0.1, 0.15) is 28.8 Å². The van der Waals surface area contributed by atoms with Gasteiger partial charge in [0.15, 0.2) is 0 Å². The molecule has 0 saturated heterocycles. The molecule has 1 aromatic carbocycles. The third kappa shape index (κ3) is 2.33. The largest absolute Gasteiger partial charge is 0.478 e. The average Bonchev–Trinajstić information content (AvgIpc) is 3.28. The van der Waals surface area contributed by atoms with Crippen molar-refractivity contribution < 1.29 is 14.7 Å². The number of hydrogen-bond donors (Lipinski definition) is 2. The fourth-order valence-electron chi connectivity index (χ4n) is 2.53. The highest BCUT2D eigenvalue weighted by Gasteiger charge is 2.50. The molecule has 0 bridgehead atoms. The molecule has 1 heterocycles. The Morgan fingerprint density at radius 3 is 2.45 bits per heavy atom. The summed E-state index contributed by atoms with van der Waals surface area (Å²) in [6.07, 6.45) is 4.75. The van der Waals surface area contributed by atoms with Crippen LogP contribution in [0.2, 0.25) is 5.02 Å². The number of carboxylic acids is 1. The number of carbonyl (C=O) groups excluding carboxylic acids is 1. The number of rotatable bonds is 4. The van der Waals surface area contributed by atoms with Gasteiger partial charge in [0.1, 0.15) is 0 Å². The zero-order chi connectivity index (χ0) is 15.9. The lowest BCUT2D eigenvalue weighted by Crippen LogP contribution is -2.28. The predicted octanol–water partition coefficient (Wildman–Crippen LogP) is 2.62. The zero-order valence-electron chi connectivity index (χ0n) is 11.5. The van der Waals surface area contributed by atoms with Crippen molar-refractivity contribution in [2.75, 3.05) is 0 Å². The molecule has 22 heavy (non-hydrogen) atoms. The Hall–Kier alpha value is -2.40. The van der Waals surface area contributed by atoms with Gasteiger partial charge in [0.25, 0.3) is 0 Å². The van der Waals surface area contributed by atoms with Gasteiger partial charge < -0.3 is 10.8 Å². The molecule has 1 fully saturated rings. The van der Waals surface area contributed by atoms with Gasteiger partial charge in [-0.1, -0.05) is 17.7 Å². The minimum absolute atomic E-state index is 0.0466. The van der Waals surface area contributed by atoms with E-state index in [1.807, 2.05) is 6.07 Å². The second-order valence-corrected chi connectivity index (χ2v) is 5.82. The average molecular weight is 317 g/mol. The molecule has 5 nitrogen and oxygen atoms in total. The van der Waals surface area contributed by atoms with Crippen molar-refractivity contribution in [2.45, 2.75) is 18.3 Å². The van der Waals surface area contributed by atoms with Gasteiger partial charge in [-0.2, -0.15) is 0 Å². The molecular weight excluding hydrogens is 304 g/mol. The van der Waals surface area contributed by atoms with Gasteiger partial charge in [0.05, 0.1) is 16.0 Å². The molecule has 0 spiro atoms. The lowest BCUT2D eigenvalue weighted by molar-refractivity contribution is -0.120. The number of aromatic nitrogens is 1. The van der Waals surface area contributed by atoms with E-state index in [2.05, 4.69) is 4.98 Å². The molecular formula is C16H13ClN2O3. The summed E-state index contributed by atoms with van der Waals surface area (Å²) in [6, 6.07) is 6.56. The Balaban J connectivity index is 2.01. The van der Waals surface area contributed by atoms with Crippen molar-refractivity contribution in [1.82, 2.24) is 4.98 Å². The number of carboxylic acid groups (broad SMARTS) is 1. The Bertz CT molecular complexity index is 785. The number of hydrogen-bond acceptors (Lipinski definition) is 3. The topological polar surface area (TPSA) is 93.3 Å². The number of aromatic carboxylic acids is 1. The maximum Gasteiger partial charge on any atom is 0.337 e.